The van der Waals surface area contributed by atoms with Crippen molar-refractivity contribution in [2.45, 2.75) is 28.9 Å². The van der Waals surface area contributed by atoms with E-state index in [0.717, 1.165) is 16.8 Å². The second kappa shape index (κ2) is 8.53. The smallest absolute Gasteiger partial charge is 0.422 e. The number of carbonyl (C=O) groups excluding carboxylic acids is 1. The number of anilines is 1. The molecule has 1 aromatic heterocycles. The Bertz CT molecular complexity index is 1290. The third-order valence-electron chi connectivity index (χ3n) is 5.12. The van der Waals surface area contributed by atoms with E-state index in [2.05, 4.69) is 6.58 Å². The molecule has 0 aliphatic carbocycles. The summed E-state index contributed by atoms with van der Waals surface area (Å²) >= 11 is 0. The Hall–Kier alpha value is -3.11. The zero-order valence-corrected chi connectivity index (χ0v) is 18.3. The van der Waals surface area contributed by atoms with Gasteiger partial charge >= 0.3 is 12.4 Å². The highest BCUT2D eigenvalue weighted by Crippen LogP contribution is 2.39. The summed E-state index contributed by atoms with van der Waals surface area (Å²) in [5, 5.41) is 12.1. The summed E-state index contributed by atoms with van der Waals surface area (Å²) in [6, 6.07) is -0.734. The lowest BCUT2D eigenvalue weighted by molar-refractivity contribution is -0.249. The number of fused-ring (bicyclic) bond motifs is 1. The predicted molar refractivity (Wildman–Crippen MR) is 106 cm³/mol. The van der Waals surface area contributed by atoms with Crippen molar-refractivity contribution in [1.29, 1.82) is 0 Å². The van der Waals surface area contributed by atoms with Gasteiger partial charge in [-0.2, -0.15) is 26.3 Å². The van der Waals surface area contributed by atoms with Gasteiger partial charge in [0.15, 0.2) is 17.0 Å². The van der Waals surface area contributed by atoms with Crippen LogP contribution in [0.25, 0.3) is 0 Å². The number of alkyl halides is 6. The summed E-state index contributed by atoms with van der Waals surface area (Å²) in [5.41, 5.74) is -6.51. The van der Waals surface area contributed by atoms with Crippen LogP contribution in [0.3, 0.4) is 0 Å². The second-order valence-corrected chi connectivity index (χ2v) is 9.12. The molecule has 0 saturated heterocycles. The van der Waals surface area contributed by atoms with Crippen LogP contribution in [-0.2, 0) is 23.2 Å². The third-order valence-corrected chi connectivity index (χ3v) is 6.59. The lowest BCUT2D eigenvalue weighted by atomic mass is 9.95. The van der Waals surface area contributed by atoms with E-state index in [9.17, 15) is 49.1 Å². The van der Waals surface area contributed by atoms with E-state index in [-0.39, 0.29) is 6.08 Å². The normalized spacial score (nSPS) is 19.6. The Labute approximate surface area is 193 Å². The van der Waals surface area contributed by atoms with Gasteiger partial charge in [0, 0.05) is 18.9 Å². The molecule has 0 saturated carbocycles. The molecule has 0 bridgehead atoms. The molecule has 0 fully saturated rings. The van der Waals surface area contributed by atoms with Crippen LogP contribution in [0, 0.1) is 5.82 Å². The number of amides is 1. The SMILES string of the molecule is C=CC(O)([C@@H]1COc2c(cn(C)c2C(=O)Nc2ccc(F)c(C(F)(F)F)c2)S(=O)(=O)N1)C(F)(F)F. The number of sulfonamides is 1. The number of halogens is 7. The molecular formula is C19H16F7N3O5S. The zero-order chi connectivity index (χ0) is 26.6. The van der Waals surface area contributed by atoms with Crippen LogP contribution in [0.15, 0.2) is 41.9 Å². The average Bonchev–Trinajstić information content (AvgIpc) is 3.00. The monoisotopic (exact) mass is 531 g/mol. The first kappa shape index (κ1) is 26.5. The highest BCUT2D eigenvalue weighted by atomic mass is 32.2. The molecule has 8 nitrogen and oxygen atoms in total. The number of nitrogens with one attached hydrogen (secondary N) is 2. The van der Waals surface area contributed by atoms with Crippen molar-refractivity contribution >= 4 is 21.6 Å². The van der Waals surface area contributed by atoms with Crippen molar-refractivity contribution in [2.24, 2.45) is 7.05 Å². The summed E-state index contributed by atoms with van der Waals surface area (Å²) in [6.45, 7) is 1.79. The van der Waals surface area contributed by atoms with Crippen LogP contribution < -0.4 is 14.8 Å². The van der Waals surface area contributed by atoms with Gasteiger partial charge in [0.25, 0.3) is 5.91 Å². The molecule has 1 unspecified atom stereocenters. The lowest BCUT2D eigenvalue weighted by Crippen LogP contribution is -2.61. The number of nitrogens with zero attached hydrogens (tertiary/aromatic N) is 1. The molecule has 3 rings (SSSR count). The number of hydrogen-bond donors (Lipinski definition) is 3. The van der Waals surface area contributed by atoms with Crippen LogP contribution in [0.4, 0.5) is 36.4 Å². The summed E-state index contributed by atoms with van der Waals surface area (Å²) in [4.78, 5) is 12.0. The summed E-state index contributed by atoms with van der Waals surface area (Å²) in [6.07, 6.45) is -9.53. The molecule has 2 atom stereocenters. The molecule has 1 aliphatic heterocycles. The number of aryl methyl sites for hydroxylation is 1. The van der Waals surface area contributed by atoms with Crippen LogP contribution in [0.5, 0.6) is 5.75 Å². The van der Waals surface area contributed by atoms with Gasteiger partial charge in [0.1, 0.15) is 17.3 Å². The fourth-order valence-corrected chi connectivity index (χ4v) is 4.75. The van der Waals surface area contributed by atoms with E-state index in [1.165, 1.54) is 7.05 Å². The first-order chi connectivity index (χ1) is 15.9. The third kappa shape index (κ3) is 4.72. The van der Waals surface area contributed by atoms with Crippen molar-refractivity contribution in [1.82, 2.24) is 9.29 Å². The molecule has 3 N–H and O–H groups in total. The number of hydrogen-bond acceptors (Lipinski definition) is 5. The molecule has 1 aromatic carbocycles. The highest BCUT2D eigenvalue weighted by Gasteiger charge is 2.58. The topological polar surface area (TPSA) is 110 Å². The van der Waals surface area contributed by atoms with Crippen molar-refractivity contribution in [3.63, 3.8) is 0 Å². The van der Waals surface area contributed by atoms with Crippen LogP contribution in [0.2, 0.25) is 0 Å². The zero-order valence-electron chi connectivity index (χ0n) is 17.5. The summed E-state index contributed by atoms with van der Waals surface area (Å²) in [5.74, 6) is -3.53. The number of aromatic nitrogens is 1. The highest BCUT2D eigenvalue weighted by molar-refractivity contribution is 7.89. The fraction of sp³-hybridized carbons (Fsp3) is 0.316. The van der Waals surface area contributed by atoms with Gasteiger partial charge in [-0.15, -0.1) is 0 Å². The summed E-state index contributed by atoms with van der Waals surface area (Å²) in [7, 11) is -3.63. The minimum absolute atomic E-state index is 0.0833. The minimum Gasteiger partial charge on any atom is -0.488 e. The van der Waals surface area contributed by atoms with E-state index in [1.54, 1.807) is 4.72 Å². The maximum atomic E-state index is 13.5. The predicted octanol–water partition coefficient (Wildman–Crippen LogP) is 2.95. The molecular weight excluding hydrogens is 515 g/mol. The van der Waals surface area contributed by atoms with E-state index >= 15 is 0 Å². The second-order valence-electron chi connectivity index (χ2n) is 7.44. The van der Waals surface area contributed by atoms with Gasteiger partial charge in [-0.05, 0) is 24.3 Å². The Balaban J connectivity index is 2.00. The molecule has 0 spiro atoms. The number of aliphatic hydroxyl groups is 1. The van der Waals surface area contributed by atoms with Crippen molar-refractivity contribution in [3.05, 3.63) is 54.1 Å². The minimum atomic E-state index is -5.36. The summed E-state index contributed by atoms with van der Waals surface area (Å²) < 4.78 is 126. The molecule has 35 heavy (non-hydrogen) atoms. The first-order valence-corrected chi connectivity index (χ1v) is 10.9. The maximum Gasteiger partial charge on any atom is 0.422 e. The Morgan fingerprint density at radius 2 is 1.91 bits per heavy atom. The van der Waals surface area contributed by atoms with Gasteiger partial charge in [0.05, 0.1) is 11.6 Å². The van der Waals surface area contributed by atoms with Gasteiger partial charge in [-0.3, -0.25) is 4.79 Å². The van der Waals surface area contributed by atoms with E-state index in [4.69, 9.17) is 4.74 Å². The number of ether oxygens (including phenoxy) is 1. The van der Waals surface area contributed by atoms with Crippen molar-refractivity contribution in [3.8, 4) is 5.75 Å². The Kier molecular flexibility index (Phi) is 6.45. The standard InChI is InChI=1S/C19H16F7N3O5S/c1-3-17(31,19(24,25)26)13-8-34-15-12(35(32,33)28-13)7-29(2)14(15)16(30)27-9-4-5-11(20)10(6-9)18(21,22)23/h3-7,13,28,31H,1,8H2,2H3,(H,27,30)/t13-,17?/m0/s1. The Morgan fingerprint density at radius 1 is 1.29 bits per heavy atom. The Morgan fingerprint density at radius 3 is 2.46 bits per heavy atom. The molecule has 1 aliphatic rings. The van der Waals surface area contributed by atoms with E-state index in [1.807, 2.05) is 5.32 Å². The molecule has 0 radical (unpaired) electrons. The molecule has 2 heterocycles. The lowest BCUT2D eigenvalue weighted by Gasteiger charge is -2.33. The fourth-order valence-electron chi connectivity index (χ4n) is 3.30. The van der Waals surface area contributed by atoms with Crippen LogP contribution in [0.1, 0.15) is 16.1 Å². The molecule has 2 aromatic rings. The molecule has 16 heteroatoms. The number of rotatable bonds is 4. The van der Waals surface area contributed by atoms with Gasteiger partial charge < -0.3 is 19.7 Å². The number of carbonyl (C=O) groups is 1. The van der Waals surface area contributed by atoms with Crippen LogP contribution in [-0.4, -0.2) is 48.4 Å². The first-order valence-electron chi connectivity index (χ1n) is 9.37. The molecule has 192 valence electrons. The largest absolute Gasteiger partial charge is 0.488 e. The van der Waals surface area contributed by atoms with Crippen molar-refractivity contribution in [2.75, 3.05) is 11.9 Å². The average molecular weight is 531 g/mol. The molecule has 1 amide bonds. The van der Waals surface area contributed by atoms with Gasteiger partial charge in [0.2, 0.25) is 10.0 Å². The van der Waals surface area contributed by atoms with Gasteiger partial charge in [-0.1, -0.05) is 6.58 Å². The van der Waals surface area contributed by atoms with E-state index in [0.29, 0.717) is 12.1 Å². The van der Waals surface area contributed by atoms with Gasteiger partial charge in [-0.25, -0.2) is 17.5 Å². The van der Waals surface area contributed by atoms with Crippen LogP contribution >= 0.6 is 0 Å². The maximum absolute atomic E-state index is 13.5. The quantitative estimate of drug-likeness (QED) is 0.415. The van der Waals surface area contributed by atoms with E-state index < -0.39 is 79.9 Å². The van der Waals surface area contributed by atoms with Crippen molar-refractivity contribution < 1.29 is 53.8 Å². The number of benzene rings is 1.